The number of halogens is 1. The SMILES string of the molecule is CCCN(CCC)C(=O)C1=Cc2ccc(C(=O)Nc3cnc4c(c3)CN(C(=O)OCc3ccc(CC(=O)[C@H](CCCNC(N)=O)NC(=O)[C@@H](CC(=O)CCOCCOCCCC(=O)CBr)C(C)C)cc3)CC4)cc2N=C(N)C1. The first-order valence-electron chi connectivity index (χ1n) is 26.8. The van der Waals surface area contributed by atoms with Crippen molar-refractivity contribution in [1.29, 1.82) is 0 Å². The summed E-state index contributed by atoms with van der Waals surface area (Å²) in [6, 6.07) is 12.3. The van der Waals surface area contributed by atoms with Gasteiger partial charge >= 0.3 is 12.1 Å². The van der Waals surface area contributed by atoms with Crippen molar-refractivity contribution in [3.8, 4) is 0 Å². The number of carbonyl (C=O) groups excluding carboxylic acids is 8. The van der Waals surface area contributed by atoms with Gasteiger partial charge in [0.2, 0.25) is 11.8 Å². The van der Waals surface area contributed by atoms with E-state index in [4.69, 9.17) is 25.7 Å². The summed E-state index contributed by atoms with van der Waals surface area (Å²) >= 11 is 3.13. The van der Waals surface area contributed by atoms with Crippen LogP contribution in [-0.2, 0) is 64.2 Å². The molecule has 0 saturated heterocycles. The number of nitrogens with two attached hydrogens (primary N) is 2. The lowest BCUT2D eigenvalue weighted by molar-refractivity contribution is -0.134. The number of aromatic nitrogens is 1. The van der Waals surface area contributed by atoms with E-state index in [1.807, 2.05) is 32.6 Å². The van der Waals surface area contributed by atoms with Crippen molar-refractivity contribution >= 4 is 86.4 Å². The van der Waals surface area contributed by atoms with E-state index < -0.39 is 35.9 Å². The molecule has 6 amide bonds. The second kappa shape index (κ2) is 32.2. The largest absolute Gasteiger partial charge is 0.445 e. The summed E-state index contributed by atoms with van der Waals surface area (Å²) < 4.78 is 16.7. The quantitative estimate of drug-likeness (QED) is 0.0315. The van der Waals surface area contributed by atoms with E-state index >= 15 is 0 Å². The van der Waals surface area contributed by atoms with Crippen LogP contribution in [-0.4, -0.2) is 132 Å². The monoisotopic (exact) mass is 1140 g/mol. The van der Waals surface area contributed by atoms with Crippen LogP contribution in [0.3, 0.4) is 0 Å². The van der Waals surface area contributed by atoms with E-state index in [0.29, 0.717) is 103 Å². The molecule has 21 heteroatoms. The van der Waals surface area contributed by atoms with Crippen molar-refractivity contribution in [3.05, 3.63) is 93.8 Å². The van der Waals surface area contributed by atoms with Gasteiger partial charge in [-0.15, -0.1) is 0 Å². The molecular formula is C57H76BrN9O11. The van der Waals surface area contributed by atoms with Crippen molar-refractivity contribution in [2.45, 2.75) is 118 Å². The first kappa shape index (κ1) is 62.0. The minimum absolute atomic E-state index is 0.0185. The summed E-state index contributed by atoms with van der Waals surface area (Å²) in [5.74, 6) is -1.82. The van der Waals surface area contributed by atoms with Crippen LogP contribution in [0.15, 0.2) is 65.3 Å². The molecule has 0 fully saturated rings. The first-order valence-corrected chi connectivity index (χ1v) is 28.0. The van der Waals surface area contributed by atoms with Gasteiger partial charge < -0.3 is 51.4 Å². The van der Waals surface area contributed by atoms with Crippen LogP contribution in [0.5, 0.6) is 0 Å². The van der Waals surface area contributed by atoms with Crippen LogP contribution in [0.4, 0.5) is 21.0 Å². The summed E-state index contributed by atoms with van der Waals surface area (Å²) in [5.41, 5.74) is 16.9. The molecule has 422 valence electrons. The van der Waals surface area contributed by atoms with Crippen LogP contribution in [0.25, 0.3) is 6.08 Å². The molecule has 3 aromatic rings. The first-order chi connectivity index (χ1) is 37.5. The molecule has 2 aromatic carbocycles. The Morgan fingerprint density at radius 1 is 0.872 bits per heavy atom. The number of carbonyl (C=O) groups is 8. The maximum Gasteiger partial charge on any atom is 0.410 e. The molecule has 2 aliphatic heterocycles. The van der Waals surface area contributed by atoms with Gasteiger partial charge in [0, 0.05) is 99.6 Å². The second-order valence-corrected chi connectivity index (χ2v) is 20.4. The maximum atomic E-state index is 13.8. The predicted octanol–water partition coefficient (Wildman–Crippen LogP) is 6.90. The topological polar surface area (TPSA) is 284 Å². The van der Waals surface area contributed by atoms with E-state index in [-0.39, 0.29) is 100 Å². The summed E-state index contributed by atoms with van der Waals surface area (Å²) in [5, 5.41) is 8.63. The fourth-order valence-corrected chi connectivity index (χ4v) is 9.21. The molecule has 0 radical (unpaired) electrons. The smallest absolute Gasteiger partial charge is 0.410 e. The van der Waals surface area contributed by atoms with Gasteiger partial charge in [-0.05, 0) is 79.0 Å². The molecule has 7 N–H and O–H groups in total. The zero-order chi connectivity index (χ0) is 56.6. The fourth-order valence-electron chi connectivity index (χ4n) is 8.93. The number of fused-ring (bicyclic) bond motifs is 2. The van der Waals surface area contributed by atoms with Crippen molar-refractivity contribution < 1.29 is 52.6 Å². The standard InChI is InChI=1S/C57H76BrN9O11/c1-5-20-66(21-6-2)55(73)42-28-40-15-16-41(30-50(40)64-52(59)31-42)53(71)63-44-29-43-35-67(22-17-48(43)62-34-44)57(75)78-36-39-13-11-38(12-14-39)27-51(70)49(10-7-19-61-56(60)74)65-54(72)47(37(3)4)32-45(68)18-24-77-26-25-76-23-8-9-46(69)33-58/h11-16,28-30,34,37,47,49H,5-10,17-27,31-33,35-36H2,1-4H3,(H2,59,64)(H,63,71)(H,65,72)(H3,60,61,74)/t47-,49-/m0/s1. The Morgan fingerprint density at radius 3 is 2.28 bits per heavy atom. The normalized spacial score (nSPS) is 13.6. The number of aliphatic imine (C=N–C) groups is 1. The minimum Gasteiger partial charge on any atom is -0.445 e. The van der Waals surface area contributed by atoms with Gasteiger partial charge in [-0.3, -0.25) is 33.8 Å². The molecule has 0 saturated carbocycles. The summed E-state index contributed by atoms with van der Waals surface area (Å²) in [4.78, 5) is 116. The van der Waals surface area contributed by atoms with E-state index in [1.54, 1.807) is 65.7 Å². The van der Waals surface area contributed by atoms with Crippen LogP contribution in [0, 0.1) is 11.8 Å². The number of ketones is 3. The van der Waals surface area contributed by atoms with Gasteiger partial charge in [0.05, 0.1) is 55.3 Å². The van der Waals surface area contributed by atoms with Crippen LogP contribution < -0.4 is 27.4 Å². The molecule has 2 aliphatic rings. The predicted molar refractivity (Wildman–Crippen MR) is 300 cm³/mol. The van der Waals surface area contributed by atoms with E-state index in [1.165, 1.54) is 0 Å². The molecule has 0 spiro atoms. The summed E-state index contributed by atoms with van der Waals surface area (Å²) in [6.45, 7) is 11.0. The number of amides is 6. The van der Waals surface area contributed by atoms with Gasteiger partial charge in [0.25, 0.3) is 5.91 Å². The molecule has 20 nitrogen and oxygen atoms in total. The fraction of sp³-hybridized carbons (Fsp3) is 0.509. The van der Waals surface area contributed by atoms with Crippen LogP contribution in [0.2, 0.25) is 0 Å². The highest BCUT2D eigenvalue weighted by Crippen LogP contribution is 2.30. The third-order valence-corrected chi connectivity index (χ3v) is 13.8. The van der Waals surface area contributed by atoms with Gasteiger partial charge in [0.1, 0.15) is 24.0 Å². The van der Waals surface area contributed by atoms with Crippen LogP contribution in [0.1, 0.15) is 124 Å². The number of anilines is 1. The molecule has 1 aromatic heterocycles. The molecule has 3 heterocycles. The van der Waals surface area contributed by atoms with Gasteiger partial charge in [-0.2, -0.15) is 0 Å². The number of pyridine rings is 1. The number of nitrogens with one attached hydrogen (secondary N) is 3. The summed E-state index contributed by atoms with van der Waals surface area (Å²) in [6.07, 6.45) is 6.89. The van der Waals surface area contributed by atoms with Crippen molar-refractivity contribution in [3.63, 3.8) is 0 Å². The lowest BCUT2D eigenvalue weighted by atomic mass is 9.88. The zero-order valence-electron chi connectivity index (χ0n) is 45.4. The highest BCUT2D eigenvalue weighted by Gasteiger charge is 2.30. The molecule has 0 bridgehead atoms. The average molecular weight is 1140 g/mol. The van der Waals surface area contributed by atoms with Crippen LogP contribution >= 0.6 is 15.9 Å². The highest BCUT2D eigenvalue weighted by molar-refractivity contribution is 9.09. The number of primary amides is 1. The lowest BCUT2D eigenvalue weighted by Gasteiger charge is -2.28. The number of alkyl halides is 1. The van der Waals surface area contributed by atoms with Crippen molar-refractivity contribution in [2.75, 3.05) is 63.3 Å². The minimum atomic E-state index is -0.907. The Kier molecular flexibility index (Phi) is 25.6. The number of amidine groups is 1. The Hall–Kier alpha value is -6.84. The van der Waals surface area contributed by atoms with E-state index in [2.05, 4.69) is 41.9 Å². The number of rotatable bonds is 32. The van der Waals surface area contributed by atoms with Gasteiger partial charge in [-0.25, -0.2) is 14.6 Å². The molecule has 2 atom stereocenters. The number of hydrogen-bond acceptors (Lipinski definition) is 14. The molecule has 0 aliphatic carbocycles. The molecule has 78 heavy (non-hydrogen) atoms. The number of nitrogens with zero attached hydrogens (tertiary/aromatic N) is 4. The number of ether oxygens (including phenoxy) is 3. The lowest BCUT2D eigenvalue weighted by Crippen LogP contribution is -2.46. The highest BCUT2D eigenvalue weighted by atomic mass is 79.9. The van der Waals surface area contributed by atoms with Gasteiger partial charge in [0.15, 0.2) is 5.78 Å². The van der Waals surface area contributed by atoms with Crippen molar-refractivity contribution in [1.82, 2.24) is 25.4 Å². The van der Waals surface area contributed by atoms with E-state index in [0.717, 1.165) is 24.1 Å². The van der Waals surface area contributed by atoms with Crippen molar-refractivity contribution in [2.24, 2.45) is 28.3 Å². The third-order valence-electron chi connectivity index (χ3n) is 13.2. The number of hydrogen-bond donors (Lipinski definition) is 5. The Bertz CT molecular complexity index is 2640. The average Bonchev–Trinajstić information content (AvgIpc) is 3.61. The second-order valence-electron chi connectivity index (χ2n) is 19.8. The number of Topliss-reactive ketones (excluding diaryl/α,β-unsaturated/α-hetero) is 3. The summed E-state index contributed by atoms with van der Waals surface area (Å²) in [7, 11) is 0. The van der Waals surface area contributed by atoms with Gasteiger partial charge in [-0.1, -0.05) is 74.0 Å². The Balaban J connectivity index is 1.11. The molecular weight excluding hydrogens is 1070 g/mol. The van der Waals surface area contributed by atoms with E-state index in [9.17, 15) is 38.4 Å². The maximum absolute atomic E-state index is 13.8. The Morgan fingerprint density at radius 2 is 1.59 bits per heavy atom. The Labute approximate surface area is 465 Å². The number of benzene rings is 2. The zero-order valence-corrected chi connectivity index (χ0v) is 47.0. The molecule has 0 unspecified atom stereocenters. The number of urea groups is 1. The third kappa shape index (κ3) is 20.2. The molecule has 5 rings (SSSR count).